The van der Waals surface area contributed by atoms with E-state index in [9.17, 15) is 0 Å². The molecule has 1 saturated heterocycles. The topological polar surface area (TPSA) is 49.8 Å². The maximum Gasteiger partial charge on any atom is 0.148 e. The van der Waals surface area contributed by atoms with Crippen molar-refractivity contribution in [1.29, 1.82) is 0 Å². The molecule has 0 spiro atoms. The third-order valence-corrected chi connectivity index (χ3v) is 3.73. The molecule has 4 nitrogen and oxygen atoms in total. The second-order valence-corrected chi connectivity index (χ2v) is 5.19. The van der Waals surface area contributed by atoms with Crippen molar-refractivity contribution in [3.05, 3.63) is 42.0 Å². The predicted molar refractivity (Wildman–Crippen MR) is 81.7 cm³/mol. The van der Waals surface area contributed by atoms with Gasteiger partial charge in [-0.1, -0.05) is 31.2 Å². The van der Waals surface area contributed by atoms with E-state index in [1.165, 1.54) is 5.56 Å². The molecule has 104 valence electrons. The lowest BCUT2D eigenvalue weighted by atomic mass is 10.1. The van der Waals surface area contributed by atoms with E-state index in [0.29, 0.717) is 6.04 Å². The summed E-state index contributed by atoms with van der Waals surface area (Å²) in [7, 11) is 0. The minimum absolute atomic E-state index is 0.471. The smallest absolute Gasteiger partial charge is 0.148 e. The lowest BCUT2D eigenvalue weighted by molar-refractivity contribution is 0.783. The van der Waals surface area contributed by atoms with Crippen LogP contribution in [0.5, 0.6) is 0 Å². The number of nitrogens with zero attached hydrogens (tertiary/aromatic N) is 2. The molecule has 1 aromatic heterocycles. The summed E-state index contributed by atoms with van der Waals surface area (Å²) < 4.78 is 0. The van der Waals surface area contributed by atoms with E-state index >= 15 is 0 Å². The van der Waals surface area contributed by atoms with Crippen molar-refractivity contribution in [3.8, 4) is 11.3 Å². The molecule has 1 aromatic carbocycles. The van der Waals surface area contributed by atoms with E-state index in [-0.39, 0.29) is 0 Å². The molecular weight excluding hydrogens is 248 g/mol. The van der Waals surface area contributed by atoms with Gasteiger partial charge in [0.15, 0.2) is 0 Å². The van der Waals surface area contributed by atoms with E-state index < -0.39 is 0 Å². The first-order valence-corrected chi connectivity index (χ1v) is 7.25. The molecule has 1 atom stereocenters. The number of benzene rings is 1. The van der Waals surface area contributed by atoms with Gasteiger partial charge in [0.1, 0.15) is 5.82 Å². The molecule has 3 rings (SSSR count). The Morgan fingerprint density at radius 3 is 2.60 bits per heavy atom. The van der Waals surface area contributed by atoms with Crippen molar-refractivity contribution in [2.75, 3.05) is 18.4 Å². The van der Waals surface area contributed by atoms with Crippen LogP contribution in [0.25, 0.3) is 11.3 Å². The van der Waals surface area contributed by atoms with Gasteiger partial charge in [-0.2, -0.15) is 0 Å². The zero-order valence-electron chi connectivity index (χ0n) is 11.8. The van der Waals surface area contributed by atoms with Crippen molar-refractivity contribution >= 4 is 5.82 Å². The molecule has 0 saturated carbocycles. The van der Waals surface area contributed by atoms with E-state index in [2.05, 4.69) is 52.0 Å². The second kappa shape index (κ2) is 6.01. The maximum atomic E-state index is 4.31. The third-order valence-electron chi connectivity index (χ3n) is 3.73. The van der Waals surface area contributed by atoms with Gasteiger partial charge < -0.3 is 10.6 Å². The molecule has 20 heavy (non-hydrogen) atoms. The third kappa shape index (κ3) is 2.96. The summed E-state index contributed by atoms with van der Waals surface area (Å²) >= 11 is 0. The summed E-state index contributed by atoms with van der Waals surface area (Å²) in [4.78, 5) is 0. The Balaban J connectivity index is 1.71. The summed E-state index contributed by atoms with van der Waals surface area (Å²) in [5.41, 5.74) is 3.38. The van der Waals surface area contributed by atoms with Gasteiger partial charge in [-0.3, -0.25) is 0 Å². The average molecular weight is 268 g/mol. The van der Waals surface area contributed by atoms with E-state index in [4.69, 9.17) is 0 Å². The highest BCUT2D eigenvalue weighted by molar-refractivity contribution is 5.60. The first-order chi connectivity index (χ1) is 9.85. The van der Waals surface area contributed by atoms with Crippen LogP contribution in [0.2, 0.25) is 0 Å². The number of hydrogen-bond donors (Lipinski definition) is 2. The summed E-state index contributed by atoms with van der Waals surface area (Å²) in [6.45, 7) is 4.24. The Bertz CT molecular complexity index is 542. The Labute approximate surface area is 119 Å². The number of nitrogens with one attached hydrogen (secondary N) is 2. The molecule has 4 heteroatoms. The highest BCUT2D eigenvalue weighted by Crippen LogP contribution is 2.18. The Morgan fingerprint density at radius 1 is 1.15 bits per heavy atom. The number of anilines is 1. The first kappa shape index (κ1) is 13.1. The maximum absolute atomic E-state index is 4.31. The van der Waals surface area contributed by atoms with Crippen LogP contribution >= 0.6 is 0 Å². The SMILES string of the molecule is CCc1ccc(-c2ccc(NC3CCNC3)nn2)cc1. The fourth-order valence-corrected chi connectivity index (χ4v) is 2.46. The number of aryl methyl sites for hydroxylation is 1. The van der Waals surface area contributed by atoms with Gasteiger partial charge in [-0.05, 0) is 37.1 Å². The Morgan fingerprint density at radius 2 is 2.00 bits per heavy atom. The van der Waals surface area contributed by atoms with Crippen LogP contribution in [0, 0.1) is 0 Å². The fourth-order valence-electron chi connectivity index (χ4n) is 2.46. The number of rotatable bonds is 4. The minimum Gasteiger partial charge on any atom is -0.365 e. The Hall–Kier alpha value is -1.94. The van der Waals surface area contributed by atoms with Crippen LogP contribution in [-0.4, -0.2) is 29.3 Å². The van der Waals surface area contributed by atoms with Gasteiger partial charge in [-0.15, -0.1) is 10.2 Å². The van der Waals surface area contributed by atoms with E-state index in [1.807, 2.05) is 12.1 Å². The summed E-state index contributed by atoms with van der Waals surface area (Å²) in [6.07, 6.45) is 2.20. The molecule has 0 radical (unpaired) electrons. The highest BCUT2D eigenvalue weighted by Gasteiger charge is 2.14. The average Bonchev–Trinajstić information content (AvgIpc) is 3.01. The fraction of sp³-hybridized carbons (Fsp3) is 0.375. The number of aromatic nitrogens is 2. The van der Waals surface area contributed by atoms with Crippen LogP contribution in [0.15, 0.2) is 36.4 Å². The molecular formula is C16H20N4. The normalized spacial score (nSPS) is 18.1. The summed E-state index contributed by atoms with van der Waals surface area (Å²) in [5, 5.41) is 15.3. The molecule has 2 N–H and O–H groups in total. The van der Waals surface area contributed by atoms with E-state index in [1.54, 1.807) is 0 Å². The summed E-state index contributed by atoms with van der Waals surface area (Å²) in [5.74, 6) is 0.854. The second-order valence-electron chi connectivity index (χ2n) is 5.19. The van der Waals surface area contributed by atoms with Crippen molar-refractivity contribution in [1.82, 2.24) is 15.5 Å². The van der Waals surface area contributed by atoms with Crippen molar-refractivity contribution in [2.45, 2.75) is 25.8 Å². The van der Waals surface area contributed by atoms with Crippen LogP contribution in [0.1, 0.15) is 18.9 Å². The summed E-state index contributed by atoms with van der Waals surface area (Å²) in [6, 6.07) is 13.0. The molecule has 1 unspecified atom stereocenters. The van der Waals surface area contributed by atoms with Gasteiger partial charge in [-0.25, -0.2) is 0 Å². The van der Waals surface area contributed by atoms with Crippen LogP contribution in [0.4, 0.5) is 5.82 Å². The highest BCUT2D eigenvalue weighted by atomic mass is 15.2. The number of hydrogen-bond acceptors (Lipinski definition) is 4. The standard InChI is InChI=1S/C16H20N4/c1-2-12-3-5-13(6-4-12)15-7-8-16(20-19-15)18-14-9-10-17-11-14/h3-8,14,17H,2,9-11H2,1H3,(H,18,20). The molecule has 1 aliphatic heterocycles. The zero-order chi connectivity index (χ0) is 13.8. The minimum atomic E-state index is 0.471. The largest absolute Gasteiger partial charge is 0.365 e. The van der Waals surface area contributed by atoms with Crippen molar-refractivity contribution in [3.63, 3.8) is 0 Å². The van der Waals surface area contributed by atoms with Gasteiger partial charge in [0.2, 0.25) is 0 Å². The van der Waals surface area contributed by atoms with Gasteiger partial charge in [0.25, 0.3) is 0 Å². The van der Waals surface area contributed by atoms with Crippen LogP contribution in [0.3, 0.4) is 0 Å². The van der Waals surface area contributed by atoms with Crippen LogP contribution < -0.4 is 10.6 Å². The molecule has 1 aliphatic rings. The molecule has 2 heterocycles. The molecule has 0 amide bonds. The van der Waals surface area contributed by atoms with Gasteiger partial charge in [0.05, 0.1) is 5.69 Å². The van der Waals surface area contributed by atoms with Crippen LogP contribution in [-0.2, 0) is 6.42 Å². The Kier molecular flexibility index (Phi) is 3.92. The molecule has 0 aliphatic carbocycles. The quantitative estimate of drug-likeness (QED) is 0.894. The zero-order valence-corrected chi connectivity index (χ0v) is 11.8. The monoisotopic (exact) mass is 268 g/mol. The van der Waals surface area contributed by atoms with Crippen molar-refractivity contribution in [2.24, 2.45) is 0 Å². The van der Waals surface area contributed by atoms with Gasteiger partial charge in [0, 0.05) is 18.2 Å². The first-order valence-electron chi connectivity index (χ1n) is 7.25. The van der Waals surface area contributed by atoms with Crippen molar-refractivity contribution < 1.29 is 0 Å². The predicted octanol–water partition coefficient (Wildman–Crippen LogP) is 2.48. The van der Waals surface area contributed by atoms with Gasteiger partial charge >= 0.3 is 0 Å². The molecule has 1 fully saturated rings. The molecule has 0 bridgehead atoms. The van der Waals surface area contributed by atoms with E-state index in [0.717, 1.165) is 43.0 Å². The lowest BCUT2D eigenvalue weighted by Gasteiger charge is -2.11. The molecule has 2 aromatic rings. The lowest BCUT2D eigenvalue weighted by Crippen LogP contribution is -2.22.